The van der Waals surface area contributed by atoms with Crippen molar-refractivity contribution in [3.63, 3.8) is 0 Å². The molecule has 94 valence electrons. The third-order valence-corrected chi connectivity index (χ3v) is 2.90. The minimum Gasteiger partial charge on any atom is -0.356 e. The minimum absolute atomic E-state index is 0.162. The number of aliphatic hydroxyl groups is 1. The fourth-order valence-electron chi connectivity index (χ4n) is 1.62. The van der Waals surface area contributed by atoms with Crippen LogP contribution in [0.2, 0.25) is 0 Å². The molecule has 1 heterocycles. The Morgan fingerprint density at radius 2 is 2.00 bits per heavy atom. The summed E-state index contributed by atoms with van der Waals surface area (Å²) < 4.78 is 5.42. The standard InChI is InChI=1S/C12H23NO3/c1-11(2,3)16-10(15)13-7-6-12(4,5)9(14)8-13/h10,15H,6-8H2,1-5H3. The first-order valence-electron chi connectivity index (χ1n) is 5.75. The van der Waals surface area contributed by atoms with Crippen LogP contribution >= 0.6 is 0 Å². The first-order chi connectivity index (χ1) is 7.12. The summed E-state index contributed by atoms with van der Waals surface area (Å²) in [5.41, 5.74) is -0.673. The molecule has 0 bridgehead atoms. The zero-order valence-electron chi connectivity index (χ0n) is 10.9. The van der Waals surface area contributed by atoms with Crippen LogP contribution in [0, 0.1) is 5.41 Å². The normalized spacial score (nSPS) is 24.5. The van der Waals surface area contributed by atoms with Gasteiger partial charge in [-0.3, -0.25) is 4.79 Å². The van der Waals surface area contributed by atoms with Crippen molar-refractivity contribution < 1.29 is 14.6 Å². The predicted octanol–water partition coefficient (Wildman–Crippen LogP) is 1.38. The van der Waals surface area contributed by atoms with Gasteiger partial charge in [0.05, 0.1) is 12.1 Å². The molecule has 0 radical (unpaired) electrons. The SMILES string of the molecule is CC(C)(C)OC(O)N1CCC(C)(C)C(=O)C1. The van der Waals surface area contributed by atoms with Gasteiger partial charge >= 0.3 is 0 Å². The predicted molar refractivity (Wildman–Crippen MR) is 61.8 cm³/mol. The van der Waals surface area contributed by atoms with Crippen LogP contribution in [0.15, 0.2) is 0 Å². The van der Waals surface area contributed by atoms with Gasteiger partial charge < -0.3 is 9.84 Å². The van der Waals surface area contributed by atoms with Crippen LogP contribution in [0.4, 0.5) is 0 Å². The van der Waals surface area contributed by atoms with E-state index in [0.717, 1.165) is 6.42 Å². The van der Waals surface area contributed by atoms with Crippen LogP contribution in [0.1, 0.15) is 41.0 Å². The van der Waals surface area contributed by atoms with Crippen molar-refractivity contribution in [1.29, 1.82) is 0 Å². The molecule has 0 aromatic carbocycles. The van der Waals surface area contributed by atoms with Crippen LogP contribution in [0.25, 0.3) is 0 Å². The second kappa shape index (κ2) is 4.43. The fraction of sp³-hybridized carbons (Fsp3) is 0.917. The lowest BCUT2D eigenvalue weighted by Crippen LogP contribution is -2.51. The lowest BCUT2D eigenvalue weighted by atomic mass is 9.81. The molecule has 0 saturated carbocycles. The van der Waals surface area contributed by atoms with Crippen molar-refractivity contribution in [3.8, 4) is 0 Å². The van der Waals surface area contributed by atoms with Crippen LogP contribution in [-0.2, 0) is 9.53 Å². The van der Waals surface area contributed by atoms with E-state index in [9.17, 15) is 9.90 Å². The molecule has 1 unspecified atom stereocenters. The summed E-state index contributed by atoms with van der Waals surface area (Å²) in [5, 5.41) is 9.85. The maximum absolute atomic E-state index is 11.8. The van der Waals surface area contributed by atoms with Gasteiger partial charge in [0.1, 0.15) is 0 Å². The van der Waals surface area contributed by atoms with E-state index < -0.39 is 12.0 Å². The molecule has 1 N–H and O–H groups in total. The third kappa shape index (κ3) is 3.54. The molecule has 0 aromatic rings. The summed E-state index contributed by atoms with van der Waals surface area (Å²) in [6.45, 7) is 10.5. The summed E-state index contributed by atoms with van der Waals surface area (Å²) in [5.74, 6) is 0.162. The van der Waals surface area contributed by atoms with Crippen LogP contribution < -0.4 is 0 Å². The summed E-state index contributed by atoms with van der Waals surface area (Å²) >= 11 is 0. The molecule has 1 aliphatic heterocycles. The molecule has 0 amide bonds. The molecule has 0 spiro atoms. The number of hydrogen-bond donors (Lipinski definition) is 1. The Labute approximate surface area is 97.6 Å². The molecule has 1 atom stereocenters. The quantitative estimate of drug-likeness (QED) is 0.727. The van der Waals surface area contributed by atoms with Gasteiger partial charge in [0.2, 0.25) is 6.41 Å². The number of piperidine rings is 1. The average Bonchev–Trinajstić information content (AvgIpc) is 2.06. The van der Waals surface area contributed by atoms with Gasteiger partial charge in [-0.25, -0.2) is 4.90 Å². The molecule has 4 heteroatoms. The van der Waals surface area contributed by atoms with Crippen molar-refractivity contribution in [2.75, 3.05) is 13.1 Å². The Balaban J connectivity index is 2.55. The van der Waals surface area contributed by atoms with Gasteiger partial charge in [-0.15, -0.1) is 0 Å². The molecule has 1 saturated heterocycles. The summed E-state index contributed by atoms with van der Waals surface area (Å²) in [6.07, 6.45) is -0.226. The second-order valence-corrected chi connectivity index (χ2v) is 6.08. The van der Waals surface area contributed by atoms with Crippen LogP contribution in [0.3, 0.4) is 0 Å². The van der Waals surface area contributed by atoms with Crippen molar-refractivity contribution >= 4 is 5.78 Å². The fourth-order valence-corrected chi connectivity index (χ4v) is 1.62. The Morgan fingerprint density at radius 3 is 2.44 bits per heavy atom. The Kier molecular flexibility index (Phi) is 3.77. The maximum atomic E-state index is 11.8. The highest BCUT2D eigenvalue weighted by molar-refractivity contribution is 5.86. The van der Waals surface area contributed by atoms with Crippen LogP contribution in [0.5, 0.6) is 0 Å². The van der Waals surface area contributed by atoms with Gasteiger partial charge in [-0.05, 0) is 27.2 Å². The number of carbonyl (C=O) groups excluding carboxylic acids is 1. The number of carbonyl (C=O) groups is 1. The van der Waals surface area contributed by atoms with E-state index >= 15 is 0 Å². The van der Waals surface area contributed by atoms with E-state index in [2.05, 4.69) is 0 Å². The summed E-state index contributed by atoms with van der Waals surface area (Å²) in [6, 6.07) is 0. The van der Waals surface area contributed by atoms with Crippen LogP contribution in [-0.4, -0.2) is 40.9 Å². The number of ether oxygens (including phenoxy) is 1. The molecule has 1 fully saturated rings. The monoisotopic (exact) mass is 229 g/mol. The smallest absolute Gasteiger partial charge is 0.216 e. The molecule has 1 aliphatic rings. The highest BCUT2D eigenvalue weighted by atomic mass is 16.6. The number of nitrogens with zero attached hydrogens (tertiary/aromatic N) is 1. The molecule has 1 rings (SSSR count). The molecule has 4 nitrogen and oxygen atoms in total. The number of likely N-dealkylation sites (tertiary alicyclic amines) is 1. The number of rotatable bonds is 2. The van der Waals surface area contributed by atoms with Gasteiger partial charge in [-0.1, -0.05) is 13.8 Å². The Hall–Kier alpha value is -0.450. The number of Topliss-reactive ketones (excluding diaryl/α,β-unsaturated/α-hetero) is 1. The van der Waals surface area contributed by atoms with E-state index in [1.54, 1.807) is 4.90 Å². The summed E-state index contributed by atoms with van der Waals surface area (Å²) in [7, 11) is 0. The highest BCUT2D eigenvalue weighted by Crippen LogP contribution is 2.28. The largest absolute Gasteiger partial charge is 0.356 e. The molecule has 0 aromatic heterocycles. The number of aliphatic hydroxyl groups excluding tert-OH is 1. The van der Waals surface area contributed by atoms with Crippen molar-refractivity contribution in [3.05, 3.63) is 0 Å². The van der Waals surface area contributed by atoms with E-state index in [1.165, 1.54) is 0 Å². The van der Waals surface area contributed by atoms with Gasteiger partial charge in [0.15, 0.2) is 5.78 Å². The molecular formula is C12H23NO3. The Morgan fingerprint density at radius 1 is 1.44 bits per heavy atom. The van der Waals surface area contributed by atoms with Gasteiger partial charge in [0.25, 0.3) is 0 Å². The molecular weight excluding hydrogens is 206 g/mol. The maximum Gasteiger partial charge on any atom is 0.216 e. The van der Waals surface area contributed by atoms with E-state index in [-0.39, 0.29) is 17.7 Å². The van der Waals surface area contributed by atoms with E-state index in [0.29, 0.717) is 6.54 Å². The molecule has 0 aliphatic carbocycles. The van der Waals surface area contributed by atoms with E-state index in [1.807, 2.05) is 34.6 Å². The summed E-state index contributed by atoms with van der Waals surface area (Å²) in [4.78, 5) is 13.5. The minimum atomic E-state index is -0.986. The average molecular weight is 229 g/mol. The third-order valence-electron chi connectivity index (χ3n) is 2.90. The second-order valence-electron chi connectivity index (χ2n) is 6.08. The number of hydrogen-bond acceptors (Lipinski definition) is 4. The lowest BCUT2D eigenvalue weighted by Gasteiger charge is -2.39. The van der Waals surface area contributed by atoms with E-state index in [4.69, 9.17) is 4.74 Å². The van der Waals surface area contributed by atoms with Crippen molar-refractivity contribution in [1.82, 2.24) is 4.90 Å². The topological polar surface area (TPSA) is 49.8 Å². The molecule has 16 heavy (non-hydrogen) atoms. The zero-order valence-corrected chi connectivity index (χ0v) is 10.9. The van der Waals surface area contributed by atoms with Crippen molar-refractivity contribution in [2.45, 2.75) is 53.1 Å². The zero-order chi connectivity index (χ0) is 12.6. The van der Waals surface area contributed by atoms with Crippen molar-refractivity contribution in [2.24, 2.45) is 5.41 Å². The van der Waals surface area contributed by atoms with Gasteiger partial charge in [0, 0.05) is 12.0 Å². The lowest BCUT2D eigenvalue weighted by molar-refractivity contribution is -0.242. The first kappa shape index (κ1) is 13.6. The van der Waals surface area contributed by atoms with Gasteiger partial charge in [-0.2, -0.15) is 0 Å². The number of ketones is 1. The highest BCUT2D eigenvalue weighted by Gasteiger charge is 2.36. The first-order valence-corrected chi connectivity index (χ1v) is 5.75. The Bertz CT molecular complexity index is 268.